The molecule has 1 aromatic rings. The van der Waals surface area contributed by atoms with Gasteiger partial charge in [-0.3, -0.25) is 0 Å². The minimum Gasteiger partial charge on any atom is -0.396 e. The summed E-state index contributed by atoms with van der Waals surface area (Å²) in [6.07, 6.45) is 7.82. The van der Waals surface area contributed by atoms with Gasteiger partial charge in [0.05, 0.1) is 0 Å². The SMILES string of the molecule is CCC(CC)(CO)CCc1nccn1C. The van der Waals surface area contributed by atoms with Crippen molar-refractivity contribution in [1.82, 2.24) is 9.55 Å². The third kappa shape index (κ3) is 2.81. The van der Waals surface area contributed by atoms with Crippen LogP contribution in [-0.4, -0.2) is 21.3 Å². The average Bonchev–Trinajstić information content (AvgIpc) is 2.67. The van der Waals surface area contributed by atoms with Crippen molar-refractivity contribution in [2.45, 2.75) is 39.5 Å². The number of aliphatic hydroxyl groups excluding tert-OH is 1. The van der Waals surface area contributed by atoms with Crippen LogP contribution in [0.1, 0.15) is 38.9 Å². The minimum atomic E-state index is 0.0892. The van der Waals surface area contributed by atoms with Gasteiger partial charge < -0.3 is 9.67 Å². The van der Waals surface area contributed by atoms with E-state index in [0.29, 0.717) is 0 Å². The fourth-order valence-electron chi connectivity index (χ4n) is 1.92. The lowest BCUT2D eigenvalue weighted by molar-refractivity contribution is 0.105. The molecule has 1 aromatic heterocycles. The molecule has 1 N–H and O–H groups in total. The summed E-state index contributed by atoms with van der Waals surface area (Å²) >= 11 is 0. The first-order chi connectivity index (χ1) is 7.17. The molecule has 0 aliphatic carbocycles. The van der Waals surface area contributed by atoms with Crippen molar-refractivity contribution in [2.75, 3.05) is 6.61 Å². The first-order valence-electron chi connectivity index (χ1n) is 5.74. The second-order valence-corrected chi connectivity index (χ2v) is 4.32. The number of rotatable bonds is 6. The highest BCUT2D eigenvalue weighted by molar-refractivity contribution is 4.93. The van der Waals surface area contributed by atoms with Crippen molar-refractivity contribution in [2.24, 2.45) is 12.5 Å². The predicted octanol–water partition coefficient (Wildman–Crippen LogP) is 2.15. The Bertz CT molecular complexity index is 281. The van der Waals surface area contributed by atoms with E-state index in [-0.39, 0.29) is 12.0 Å². The summed E-state index contributed by atoms with van der Waals surface area (Å²) in [4.78, 5) is 4.30. The third-order valence-electron chi connectivity index (χ3n) is 3.64. The zero-order valence-corrected chi connectivity index (χ0v) is 10.0. The number of aliphatic hydroxyl groups is 1. The topological polar surface area (TPSA) is 38.1 Å². The van der Waals surface area contributed by atoms with E-state index < -0.39 is 0 Å². The number of hydrogen-bond donors (Lipinski definition) is 1. The molecule has 3 nitrogen and oxygen atoms in total. The van der Waals surface area contributed by atoms with Gasteiger partial charge in [-0.2, -0.15) is 0 Å². The molecule has 0 aliphatic heterocycles. The maximum atomic E-state index is 9.45. The molecule has 0 saturated carbocycles. The van der Waals surface area contributed by atoms with Crippen LogP contribution >= 0.6 is 0 Å². The summed E-state index contributed by atoms with van der Waals surface area (Å²) in [5.74, 6) is 1.11. The van der Waals surface area contributed by atoms with E-state index in [1.54, 1.807) is 0 Å². The zero-order valence-electron chi connectivity index (χ0n) is 10.0. The Balaban J connectivity index is 2.58. The molecule has 0 amide bonds. The Morgan fingerprint density at radius 1 is 1.40 bits per heavy atom. The van der Waals surface area contributed by atoms with Crippen molar-refractivity contribution in [3.05, 3.63) is 18.2 Å². The first kappa shape index (κ1) is 12.2. The molecule has 1 rings (SSSR count). The van der Waals surface area contributed by atoms with Gasteiger partial charge >= 0.3 is 0 Å². The number of nitrogens with zero attached hydrogens (tertiary/aromatic N) is 2. The summed E-state index contributed by atoms with van der Waals surface area (Å²) in [5.41, 5.74) is 0.0892. The van der Waals surface area contributed by atoms with Crippen molar-refractivity contribution in [1.29, 1.82) is 0 Å². The van der Waals surface area contributed by atoms with Gasteiger partial charge in [0.2, 0.25) is 0 Å². The molecule has 0 fully saturated rings. The van der Waals surface area contributed by atoms with Gasteiger partial charge in [0, 0.05) is 32.5 Å². The van der Waals surface area contributed by atoms with E-state index in [4.69, 9.17) is 0 Å². The van der Waals surface area contributed by atoms with Gasteiger partial charge in [-0.15, -0.1) is 0 Å². The smallest absolute Gasteiger partial charge is 0.108 e. The number of aromatic nitrogens is 2. The molecule has 0 atom stereocenters. The largest absolute Gasteiger partial charge is 0.396 e. The molecule has 15 heavy (non-hydrogen) atoms. The lowest BCUT2D eigenvalue weighted by Crippen LogP contribution is -2.25. The highest BCUT2D eigenvalue weighted by atomic mass is 16.3. The van der Waals surface area contributed by atoms with E-state index in [1.165, 1.54) is 0 Å². The van der Waals surface area contributed by atoms with Crippen molar-refractivity contribution < 1.29 is 5.11 Å². The second kappa shape index (κ2) is 5.31. The van der Waals surface area contributed by atoms with Crippen LogP contribution in [0.5, 0.6) is 0 Å². The lowest BCUT2D eigenvalue weighted by Gasteiger charge is -2.29. The molecule has 0 saturated heterocycles. The Morgan fingerprint density at radius 2 is 2.07 bits per heavy atom. The predicted molar refractivity (Wildman–Crippen MR) is 61.6 cm³/mol. The minimum absolute atomic E-state index is 0.0892. The molecule has 0 radical (unpaired) electrons. The second-order valence-electron chi connectivity index (χ2n) is 4.32. The fraction of sp³-hybridized carbons (Fsp3) is 0.750. The third-order valence-corrected chi connectivity index (χ3v) is 3.64. The fourth-order valence-corrected chi connectivity index (χ4v) is 1.92. The van der Waals surface area contributed by atoms with E-state index in [0.717, 1.165) is 31.5 Å². The summed E-state index contributed by atoms with van der Waals surface area (Å²) < 4.78 is 2.05. The number of imidazole rings is 1. The highest BCUT2D eigenvalue weighted by Gasteiger charge is 2.25. The van der Waals surface area contributed by atoms with Crippen molar-refractivity contribution in [3.8, 4) is 0 Å². The van der Waals surface area contributed by atoms with Gasteiger partial charge in [-0.25, -0.2) is 4.98 Å². The van der Waals surface area contributed by atoms with Gasteiger partial charge in [-0.1, -0.05) is 13.8 Å². The molecule has 0 aromatic carbocycles. The van der Waals surface area contributed by atoms with Crippen LogP contribution < -0.4 is 0 Å². The average molecular weight is 210 g/mol. The van der Waals surface area contributed by atoms with Gasteiger partial charge in [0.25, 0.3) is 0 Å². The molecule has 0 spiro atoms. The van der Waals surface area contributed by atoms with E-state index in [2.05, 4.69) is 18.8 Å². The summed E-state index contributed by atoms with van der Waals surface area (Å²) in [6.45, 7) is 4.58. The van der Waals surface area contributed by atoms with E-state index >= 15 is 0 Å². The monoisotopic (exact) mass is 210 g/mol. The molecule has 86 valence electrons. The van der Waals surface area contributed by atoms with Crippen molar-refractivity contribution >= 4 is 0 Å². The van der Waals surface area contributed by atoms with Crippen LogP contribution in [0.4, 0.5) is 0 Å². The van der Waals surface area contributed by atoms with Crippen LogP contribution in [0.2, 0.25) is 0 Å². The molecule has 1 heterocycles. The standard InChI is InChI=1S/C12H22N2O/c1-4-12(5-2,10-15)7-6-11-13-8-9-14(11)3/h8-9,15H,4-7,10H2,1-3H3. The van der Waals surface area contributed by atoms with Crippen molar-refractivity contribution in [3.63, 3.8) is 0 Å². The van der Waals surface area contributed by atoms with Gasteiger partial charge in [0.1, 0.15) is 5.82 Å². The Hall–Kier alpha value is -0.830. The number of aryl methyl sites for hydroxylation is 2. The Morgan fingerprint density at radius 3 is 2.47 bits per heavy atom. The highest BCUT2D eigenvalue weighted by Crippen LogP contribution is 2.31. The van der Waals surface area contributed by atoms with Gasteiger partial charge in [-0.05, 0) is 24.7 Å². The first-order valence-corrected chi connectivity index (χ1v) is 5.74. The van der Waals surface area contributed by atoms with E-state index in [1.807, 2.05) is 24.0 Å². The van der Waals surface area contributed by atoms with Gasteiger partial charge in [0.15, 0.2) is 0 Å². The normalized spacial score (nSPS) is 12.0. The van der Waals surface area contributed by atoms with Crippen LogP contribution in [-0.2, 0) is 13.5 Å². The maximum absolute atomic E-state index is 9.45. The van der Waals surface area contributed by atoms with Crippen LogP contribution in [0.3, 0.4) is 0 Å². The molecule has 0 bridgehead atoms. The van der Waals surface area contributed by atoms with Crippen LogP contribution in [0.25, 0.3) is 0 Å². The Kier molecular flexibility index (Phi) is 4.33. The summed E-state index contributed by atoms with van der Waals surface area (Å²) in [6, 6.07) is 0. The Labute approximate surface area is 92.1 Å². The summed E-state index contributed by atoms with van der Waals surface area (Å²) in [7, 11) is 2.01. The van der Waals surface area contributed by atoms with E-state index in [9.17, 15) is 5.11 Å². The molecule has 0 unspecified atom stereocenters. The quantitative estimate of drug-likeness (QED) is 0.781. The zero-order chi connectivity index (χ0) is 11.3. The van der Waals surface area contributed by atoms with Crippen LogP contribution in [0.15, 0.2) is 12.4 Å². The number of hydrogen-bond acceptors (Lipinski definition) is 2. The molecular weight excluding hydrogens is 188 g/mol. The molecular formula is C12H22N2O. The maximum Gasteiger partial charge on any atom is 0.108 e. The molecule has 3 heteroatoms. The van der Waals surface area contributed by atoms with Crippen LogP contribution in [0, 0.1) is 5.41 Å². The lowest BCUT2D eigenvalue weighted by atomic mass is 9.79. The molecule has 0 aliphatic rings. The summed E-state index contributed by atoms with van der Waals surface area (Å²) in [5, 5.41) is 9.45.